The van der Waals surface area contributed by atoms with Crippen molar-refractivity contribution in [2.24, 2.45) is 0 Å². The predicted molar refractivity (Wildman–Crippen MR) is 85.9 cm³/mol. The molecule has 112 valence electrons. The highest BCUT2D eigenvalue weighted by molar-refractivity contribution is 6.31. The van der Waals surface area contributed by atoms with Gasteiger partial charge in [-0.1, -0.05) is 11.6 Å². The third-order valence-electron chi connectivity index (χ3n) is 3.26. The zero-order valence-electron chi connectivity index (χ0n) is 11.7. The van der Waals surface area contributed by atoms with Crippen LogP contribution in [0.5, 0.6) is 11.5 Å². The van der Waals surface area contributed by atoms with E-state index < -0.39 is 0 Å². The lowest BCUT2D eigenvalue weighted by Gasteiger charge is -2.07. The summed E-state index contributed by atoms with van der Waals surface area (Å²) in [6, 6.07) is 11.7. The summed E-state index contributed by atoms with van der Waals surface area (Å²) in [5.74, 6) is -0.00105. The van der Waals surface area contributed by atoms with Crippen molar-refractivity contribution in [3.05, 3.63) is 53.2 Å². The zero-order chi connectivity index (χ0) is 15.7. The first kappa shape index (κ1) is 14.3. The van der Waals surface area contributed by atoms with Gasteiger partial charge in [0.05, 0.1) is 7.11 Å². The van der Waals surface area contributed by atoms with E-state index in [1.54, 1.807) is 30.3 Å². The minimum Gasteiger partial charge on any atom is -0.504 e. The Morgan fingerprint density at radius 1 is 1.23 bits per heavy atom. The maximum absolute atomic E-state index is 12.2. The molecule has 0 aliphatic rings. The van der Waals surface area contributed by atoms with Crippen LogP contribution in [-0.2, 0) is 0 Å². The smallest absolute Gasteiger partial charge is 0.272 e. The first-order valence-electron chi connectivity index (χ1n) is 6.53. The molecule has 22 heavy (non-hydrogen) atoms. The third-order valence-corrected chi connectivity index (χ3v) is 3.50. The topological polar surface area (TPSA) is 74.3 Å². The summed E-state index contributed by atoms with van der Waals surface area (Å²) >= 11 is 5.93. The number of anilines is 1. The van der Waals surface area contributed by atoms with Gasteiger partial charge in [-0.3, -0.25) is 4.79 Å². The van der Waals surface area contributed by atoms with Gasteiger partial charge >= 0.3 is 0 Å². The highest BCUT2D eigenvalue weighted by Gasteiger charge is 2.11. The Hall–Kier alpha value is -2.66. The van der Waals surface area contributed by atoms with Crippen LogP contribution in [0.25, 0.3) is 10.9 Å². The van der Waals surface area contributed by atoms with Gasteiger partial charge in [-0.25, -0.2) is 0 Å². The molecule has 0 atom stereocenters. The number of rotatable bonds is 3. The van der Waals surface area contributed by atoms with Gasteiger partial charge in [0.2, 0.25) is 0 Å². The molecule has 0 saturated carbocycles. The average Bonchev–Trinajstić information content (AvgIpc) is 2.90. The third kappa shape index (κ3) is 2.71. The number of phenols is 1. The van der Waals surface area contributed by atoms with Crippen molar-refractivity contribution in [3.8, 4) is 11.5 Å². The van der Waals surface area contributed by atoms with Crippen molar-refractivity contribution in [3.63, 3.8) is 0 Å². The fourth-order valence-electron chi connectivity index (χ4n) is 2.19. The maximum Gasteiger partial charge on any atom is 0.272 e. The number of hydrogen-bond donors (Lipinski definition) is 3. The van der Waals surface area contributed by atoms with E-state index in [4.69, 9.17) is 16.3 Å². The molecular formula is C16H13ClN2O3. The Kier molecular flexibility index (Phi) is 3.65. The first-order valence-corrected chi connectivity index (χ1v) is 6.91. The van der Waals surface area contributed by atoms with E-state index in [2.05, 4.69) is 10.3 Å². The number of hydrogen-bond acceptors (Lipinski definition) is 3. The molecule has 2 aromatic carbocycles. The molecule has 6 heteroatoms. The molecular weight excluding hydrogens is 304 g/mol. The molecule has 0 fully saturated rings. The van der Waals surface area contributed by atoms with E-state index in [1.807, 2.05) is 6.07 Å². The Morgan fingerprint density at radius 2 is 2.05 bits per heavy atom. The Bertz CT molecular complexity index is 858. The number of methoxy groups -OCH3 is 1. The number of aromatic hydroxyl groups is 1. The first-order chi connectivity index (χ1) is 10.6. The number of aromatic nitrogens is 1. The highest BCUT2D eigenvalue weighted by Crippen LogP contribution is 2.29. The van der Waals surface area contributed by atoms with Gasteiger partial charge in [0.1, 0.15) is 5.69 Å². The standard InChI is InChI=1S/C16H13ClN2O3/c1-22-15-5-3-11(8-14(15)20)18-16(21)13-7-9-6-10(17)2-4-12(9)19-13/h2-8,19-20H,1H3,(H,18,21). The van der Waals surface area contributed by atoms with Crippen LogP contribution in [0.1, 0.15) is 10.5 Å². The van der Waals surface area contributed by atoms with Crippen molar-refractivity contribution in [1.29, 1.82) is 0 Å². The van der Waals surface area contributed by atoms with Gasteiger partial charge in [0.25, 0.3) is 5.91 Å². The van der Waals surface area contributed by atoms with Gasteiger partial charge in [-0.2, -0.15) is 0 Å². The van der Waals surface area contributed by atoms with Crippen LogP contribution in [0.2, 0.25) is 5.02 Å². The van der Waals surface area contributed by atoms with Crippen LogP contribution in [0.15, 0.2) is 42.5 Å². The van der Waals surface area contributed by atoms with Gasteiger partial charge in [0, 0.05) is 27.7 Å². The molecule has 3 rings (SSSR count). The van der Waals surface area contributed by atoms with Crippen LogP contribution < -0.4 is 10.1 Å². The van der Waals surface area contributed by atoms with Crippen molar-refractivity contribution >= 4 is 34.1 Å². The van der Waals surface area contributed by atoms with Gasteiger partial charge in [-0.15, -0.1) is 0 Å². The summed E-state index contributed by atoms with van der Waals surface area (Å²) in [5, 5.41) is 13.9. The number of nitrogens with one attached hydrogen (secondary N) is 2. The number of fused-ring (bicyclic) bond motifs is 1. The molecule has 0 bridgehead atoms. The van der Waals surface area contributed by atoms with E-state index in [-0.39, 0.29) is 11.7 Å². The summed E-state index contributed by atoms with van der Waals surface area (Å²) < 4.78 is 4.96. The van der Waals surface area contributed by atoms with Gasteiger partial charge < -0.3 is 20.1 Å². The van der Waals surface area contributed by atoms with E-state index >= 15 is 0 Å². The molecule has 0 unspecified atom stereocenters. The summed E-state index contributed by atoms with van der Waals surface area (Å²) in [6.45, 7) is 0. The van der Waals surface area contributed by atoms with Crippen molar-refractivity contribution in [1.82, 2.24) is 4.98 Å². The van der Waals surface area contributed by atoms with Crippen molar-refractivity contribution < 1.29 is 14.6 Å². The molecule has 5 nitrogen and oxygen atoms in total. The summed E-state index contributed by atoms with van der Waals surface area (Å²) in [6.07, 6.45) is 0. The maximum atomic E-state index is 12.2. The Morgan fingerprint density at radius 3 is 2.77 bits per heavy atom. The predicted octanol–water partition coefficient (Wildman–Crippen LogP) is 3.79. The molecule has 0 saturated heterocycles. The van der Waals surface area contributed by atoms with Gasteiger partial charge in [-0.05, 0) is 36.4 Å². The molecule has 3 aromatic rings. The largest absolute Gasteiger partial charge is 0.504 e. The van der Waals surface area contributed by atoms with Crippen LogP contribution in [-0.4, -0.2) is 23.1 Å². The van der Waals surface area contributed by atoms with Crippen LogP contribution >= 0.6 is 11.6 Å². The Balaban J connectivity index is 1.85. The minimum atomic E-state index is -0.308. The Labute approximate surface area is 131 Å². The van der Waals surface area contributed by atoms with Crippen molar-refractivity contribution in [2.45, 2.75) is 0 Å². The summed E-state index contributed by atoms with van der Waals surface area (Å²) in [4.78, 5) is 15.3. The minimum absolute atomic E-state index is 0.0382. The van der Waals surface area contributed by atoms with Crippen LogP contribution in [0.4, 0.5) is 5.69 Å². The van der Waals surface area contributed by atoms with E-state index in [9.17, 15) is 9.90 Å². The molecule has 0 aliphatic carbocycles. The molecule has 1 aromatic heterocycles. The van der Waals surface area contributed by atoms with E-state index in [0.717, 1.165) is 10.9 Å². The number of carbonyl (C=O) groups excluding carboxylic acids is 1. The number of amides is 1. The summed E-state index contributed by atoms with van der Waals surface area (Å²) in [7, 11) is 1.46. The lowest BCUT2D eigenvalue weighted by Crippen LogP contribution is -2.12. The molecule has 0 radical (unpaired) electrons. The quantitative estimate of drug-likeness (QED) is 0.688. The van der Waals surface area contributed by atoms with Crippen LogP contribution in [0.3, 0.4) is 0 Å². The fraction of sp³-hybridized carbons (Fsp3) is 0.0625. The average molecular weight is 317 g/mol. The second-order valence-corrected chi connectivity index (χ2v) is 5.19. The van der Waals surface area contributed by atoms with Gasteiger partial charge in [0.15, 0.2) is 11.5 Å². The number of ether oxygens (including phenoxy) is 1. The normalized spacial score (nSPS) is 10.6. The number of aromatic amines is 1. The molecule has 3 N–H and O–H groups in total. The number of H-pyrrole nitrogens is 1. The fourth-order valence-corrected chi connectivity index (χ4v) is 2.37. The molecule has 1 heterocycles. The zero-order valence-corrected chi connectivity index (χ0v) is 12.4. The second-order valence-electron chi connectivity index (χ2n) is 4.76. The molecule has 0 spiro atoms. The number of phenolic OH excluding ortho intramolecular Hbond substituents is 1. The number of carbonyl (C=O) groups is 1. The highest BCUT2D eigenvalue weighted by atomic mass is 35.5. The van der Waals surface area contributed by atoms with E-state index in [0.29, 0.717) is 22.2 Å². The van der Waals surface area contributed by atoms with Crippen LogP contribution in [0, 0.1) is 0 Å². The monoisotopic (exact) mass is 316 g/mol. The lowest BCUT2D eigenvalue weighted by atomic mass is 10.2. The molecule has 0 aliphatic heterocycles. The van der Waals surface area contributed by atoms with Crippen molar-refractivity contribution in [2.75, 3.05) is 12.4 Å². The number of benzene rings is 2. The SMILES string of the molecule is COc1ccc(NC(=O)c2cc3cc(Cl)ccc3[nH]2)cc1O. The lowest BCUT2D eigenvalue weighted by molar-refractivity contribution is 0.102. The second kappa shape index (κ2) is 5.61. The van der Waals surface area contributed by atoms with E-state index in [1.165, 1.54) is 13.2 Å². The number of halogens is 1. The summed E-state index contributed by atoms with van der Waals surface area (Å²) in [5.41, 5.74) is 1.71. The molecule has 1 amide bonds.